The van der Waals surface area contributed by atoms with Crippen LogP contribution in [0.15, 0.2) is 41.3 Å². The molecule has 27 heavy (non-hydrogen) atoms. The Labute approximate surface area is 173 Å². The van der Waals surface area contributed by atoms with Crippen LogP contribution in [0.1, 0.15) is 28.8 Å². The molecule has 0 saturated carbocycles. The van der Waals surface area contributed by atoms with E-state index in [1.54, 1.807) is 24.3 Å². The SMILES string of the molecule is O=C(NCc1ccc(S(=O)(=O)N2CCCC2)cc1)c1c(Cl)ccc(Cl)c1Cl. The van der Waals surface area contributed by atoms with Crippen LogP contribution in [-0.2, 0) is 16.6 Å². The fourth-order valence-electron chi connectivity index (χ4n) is 2.86. The summed E-state index contributed by atoms with van der Waals surface area (Å²) >= 11 is 18.0. The van der Waals surface area contributed by atoms with Crippen molar-refractivity contribution in [1.29, 1.82) is 0 Å². The van der Waals surface area contributed by atoms with Crippen molar-refractivity contribution in [3.8, 4) is 0 Å². The van der Waals surface area contributed by atoms with E-state index in [0.717, 1.165) is 18.4 Å². The van der Waals surface area contributed by atoms with E-state index in [4.69, 9.17) is 34.8 Å². The van der Waals surface area contributed by atoms with Gasteiger partial charge in [0.05, 0.1) is 25.5 Å². The van der Waals surface area contributed by atoms with Gasteiger partial charge in [-0.3, -0.25) is 4.79 Å². The fraction of sp³-hybridized carbons (Fsp3) is 0.278. The molecule has 2 aromatic rings. The van der Waals surface area contributed by atoms with Gasteiger partial charge < -0.3 is 5.32 Å². The Morgan fingerprint density at radius 1 is 0.963 bits per heavy atom. The number of amides is 1. The van der Waals surface area contributed by atoms with Gasteiger partial charge in [0.2, 0.25) is 10.0 Å². The molecule has 2 aromatic carbocycles. The van der Waals surface area contributed by atoms with Crippen LogP contribution in [-0.4, -0.2) is 31.7 Å². The van der Waals surface area contributed by atoms with Crippen LogP contribution in [0.2, 0.25) is 15.1 Å². The first-order valence-electron chi connectivity index (χ1n) is 8.31. The second-order valence-electron chi connectivity index (χ2n) is 6.16. The van der Waals surface area contributed by atoms with Crippen molar-refractivity contribution in [3.63, 3.8) is 0 Å². The molecule has 9 heteroatoms. The number of benzene rings is 2. The van der Waals surface area contributed by atoms with Gasteiger partial charge in [-0.15, -0.1) is 0 Å². The van der Waals surface area contributed by atoms with Crippen molar-refractivity contribution in [1.82, 2.24) is 9.62 Å². The Balaban J connectivity index is 1.69. The van der Waals surface area contributed by atoms with Gasteiger partial charge in [0.25, 0.3) is 5.91 Å². The summed E-state index contributed by atoms with van der Waals surface area (Å²) in [7, 11) is -3.45. The molecule has 0 aromatic heterocycles. The summed E-state index contributed by atoms with van der Waals surface area (Å²) in [5.41, 5.74) is 0.858. The molecule has 1 saturated heterocycles. The minimum absolute atomic E-state index is 0.0914. The van der Waals surface area contributed by atoms with Crippen LogP contribution >= 0.6 is 34.8 Å². The lowest BCUT2D eigenvalue weighted by molar-refractivity contribution is 0.0951. The van der Waals surface area contributed by atoms with Gasteiger partial charge in [-0.05, 0) is 42.7 Å². The predicted molar refractivity (Wildman–Crippen MR) is 107 cm³/mol. The Kier molecular flexibility index (Phi) is 6.33. The molecule has 0 aliphatic carbocycles. The molecule has 0 radical (unpaired) electrons. The van der Waals surface area contributed by atoms with E-state index in [9.17, 15) is 13.2 Å². The number of halogens is 3. The molecule has 1 aliphatic heterocycles. The van der Waals surface area contributed by atoms with E-state index < -0.39 is 15.9 Å². The number of carbonyl (C=O) groups is 1. The largest absolute Gasteiger partial charge is 0.348 e. The third kappa shape index (κ3) is 4.41. The minimum atomic E-state index is -3.45. The summed E-state index contributed by atoms with van der Waals surface area (Å²) in [6.07, 6.45) is 1.77. The molecule has 1 fully saturated rings. The molecule has 1 N–H and O–H groups in total. The number of carbonyl (C=O) groups excluding carboxylic acids is 1. The predicted octanol–water partition coefficient (Wildman–Crippen LogP) is 4.36. The second-order valence-corrected chi connectivity index (χ2v) is 9.29. The minimum Gasteiger partial charge on any atom is -0.348 e. The molecule has 1 heterocycles. The topological polar surface area (TPSA) is 66.5 Å². The summed E-state index contributed by atoms with van der Waals surface area (Å²) in [5.74, 6) is -0.457. The lowest BCUT2D eigenvalue weighted by Gasteiger charge is -2.15. The van der Waals surface area contributed by atoms with Crippen molar-refractivity contribution < 1.29 is 13.2 Å². The molecule has 3 rings (SSSR count). The van der Waals surface area contributed by atoms with Gasteiger partial charge in [0.1, 0.15) is 0 Å². The van der Waals surface area contributed by atoms with Gasteiger partial charge in [0, 0.05) is 19.6 Å². The average molecular weight is 448 g/mol. The smallest absolute Gasteiger partial charge is 0.254 e. The molecule has 5 nitrogen and oxygen atoms in total. The maximum Gasteiger partial charge on any atom is 0.254 e. The average Bonchev–Trinajstić information content (AvgIpc) is 3.19. The Morgan fingerprint density at radius 2 is 1.56 bits per heavy atom. The fourth-order valence-corrected chi connectivity index (χ4v) is 5.08. The molecule has 0 atom stereocenters. The third-order valence-electron chi connectivity index (χ3n) is 4.35. The maximum absolute atomic E-state index is 12.5. The normalized spacial score (nSPS) is 15.1. The van der Waals surface area contributed by atoms with E-state index in [1.807, 2.05) is 0 Å². The summed E-state index contributed by atoms with van der Waals surface area (Å²) in [6, 6.07) is 9.46. The van der Waals surface area contributed by atoms with Gasteiger partial charge in [-0.1, -0.05) is 46.9 Å². The molecular weight excluding hydrogens is 431 g/mol. The quantitative estimate of drug-likeness (QED) is 0.693. The lowest BCUT2D eigenvalue weighted by atomic mass is 10.2. The van der Waals surface area contributed by atoms with Crippen LogP contribution < -0.4 is 5.32 Å². The number of sulfonamides is 1. The molecule has 0 bridgehead atoms. The van der Waals surface area contributed by atoms with Crippen molar-refractivity contribution in [2.24, 2.45) is 0 Å². The van der Waals surface area contributed by atoms with Crippen molar-refractivity contribution in [3.05, 3.63) is 62.6 Å². The Hall–Kier alpha value is -1.31. The zero-order valence-corrected chi connectivity index (χ0v) is 17.3. The summed E-state index contributed by atoms with van der Waals surface area (Å²) in [4.78, 5) is 12.6. The lowest BCUT2D eigenvalue weighted by Crippen LogP contribution is -2.28. The highest BCUT2D eigenvalue weighted by Crippen LogP contribution is 2.31. The van der Waals surface area contributed by atoms with Crippen LogP contribution in [0.4, 0.5) is 0 Å². The van der Waals surface area contributed by atoms with E-state index in [1.165, 1.54) is 16.4 Å². The third-order valence-corrected chi connectivity index (χ3v) is 7.38. The molecule has 144 valence electrons. The van der Waals surface area contributed by atoms with Gasteiger partial charge >= 0.3 is 0 Å². The first-order valence-corrected chi connectivity index (χ1v) is 10.9. The molecule has 0 spiro atoms. The number of nitrogens with zero attached hydrogens (tertiary/aromatic N) is 1. The molecule has 1 aliphatic rings. The van der Waals surface area contributed by atoms with Gasteiger partial charge in [-0.25, -0.2) is 8.42 Å². The zero-order valence-electron chi connectivity index (χ0n) is 14.2. The standard InChI is InChI=1S/C18H17Cl3N2O3S/c19-14-7-8-15(20)17(21)16(14)18(24)22-11-12-3-5-13(6-4-12)27(25,26)23-9-1-2-10-23/h3-8H,1-2,9-11H2,(H,22,24). The zero-order chi connectivity index (χ0) is 19.6. The second kappa shape index (κ2) is 8.37. The van der Waals surface area contributed by atoms with Crippen molar-refractivity contribution in [2.45, 2.75) is 24.3 Å². The van der Waals surface area contributed by atoms with Gasteiger partial charge in [-0.2, -0.15) is 4.31 Å². The van der Waals surface area contributed by atoms with Crippen molar-refractivity contribution >= 4 is 50.7 Å². The Bertz CT molecular complexity index is 957. The monoisotopic (exact) mass is 446 g/mol. The summed E-state index contributed by atoms with van der Waals surface area (Å²) in [6.45, 7) is 1.31. The van der Waals surface area contributed by atoms with Crippen LogP contribution in [0.5, 0.6) is 0 Å². The summed E-state index contributed by atoms with van der Waals surface area (Å²) in [5, 5.41) is 3.24. The van der Waals surface area contributed by atoms with Gasteiger partial charge in [0.15, 0.2) is 0 Å². The first kappa shape index (κ1) is 20.4. The van der Waals surface area contributed by atoms with Crippen molar-refractivity contribution in [2.75, 3.05) is 13.1 Å². The van der Waals surface area contributed by atoms with E-state index >= 15 is 0 Å². The first-order chi connectivity index (χ1) is 12.8. The van der Waals surface area contributed by atoms with Crippen LogP contribution in [0, 0.1) is 0 Å². The van der Waals surface area contributed by atoms with E-state index in [2.05, 4.69) is 5.32 Å². The van der Waals surface area contributed by atoms with E-state index in [-0.39, 0.29) is 32.1 Å². The highest BCUT2D eigenvalue weighted by Gasteiger charge is 2.26. The van der Waals surface area contributed by atoms with Crippen LogP contribution in [0.25, 0.3) is 0 Å². The summed E-state index contributed by atoms with van der Waals surface area (Å²) < 4.78 is 26.5. The van der Waals surface area contributed by atoms with Crippen LogP contribution in [0.3, 0.4) is 0 Å². The molecule has 1 amide bonds. The highest BCUT2D eigenvalue weighted by atomic mass is 35.5. The maximum atomic E-state index is 12.5. The Morgan fingerprint density at radius 3 is 2.19 bits per heavy atom. The number of hydrogen-bond acceptors (Lipinski definition) is 3. The number of nitrogens with one attached hydrogen (secondary N) is 1. The molecular formula is C18H17Cl3N2O3S. The number of hydrogen-bond donors (Lipinski definition) is 1. The molecule has 0 unspecified atom stereocenters. The number of rotatable bonds is 5. The highest BCUT2D eigenvalue weighted by molar-refractivity contribution is 7.89. The van der Waals surface area contributed by atoms with E-state index in [0.29, 0.717) is 13.1 Å².